The zero-order valence-electron chi connectivity index (χ0n) is 31.2. The van der Waals surface area contributed by atoms with E-state index in [9.17, 15) is 24.3 Å². The van der Waals surface area contributed by atoms with Crippen molar-refractivity contribution in [3.05, 3.63) is 82.9 Å². The van der Waals surface area contributed by atoms with Crippen molar-refractivity contribution in [3.63, 3.8) is 0 Å². The van der Waals surface area contributed by atoms with Crippen LogP contribution in [0, 0.1) is 11.3 Å². The van der Waals surface area contributed by atoms with E-state index in [2.05, 4.69) is 44.2 Å². The Balaban J connectivity index is 1.58. The van der Waals surface area contributed by atoms with Gasteiger partial charge in [-0.2, -0.15) is 10.9 Å². The van der Waals surface area contributed by atoms with E-state index < -0.39 is 41.0 Å². The van der Waals surface area contributed by atoms with Crippen LogP contribution in [-0.2, 0) is 38.5 Å². The van der Waals surface area contributed by atoms with Crippen LogP contribution >= 0.6 is 10.9 Å². The molecular formula is C40H55N5O6S. The van der Waals surface area contributed by atoms with Crippen molar-refractivity contribution < 1.29 is 29.0 Å². The first-order chi connectivity index (χ1) is 24.7. The molecule has 0 fully saturated rings. The van der Waals surface area contributed by atoms with Gasteiger partial charge in [0.05, 0.1) is 7.11 Å². The number of nitrogens with zero attached hydrogens (tertiary/aromatic N) is 1. The Morgan fingerprint density at radius 2 is 1.75 bits per heavy atom. The molecule has 4 unspecified atom stereocenters. The van der Waals surface area contributed by atoms with Crippen LogP contribution in [0.3, 0.4) is 0 Å². The van der Waals surface area contributed by atoms with Gasteiger partial charge in [-0.05, 0) is 70.0 Å². The first-order valence-corrected chi connectivity index (χ1v) is 19.0. The Morgan fingerprint density at radius 3 is 2.37 bits per heavy atom. The quantitative estimate of drug-likeness (QED) is 0.132. The Morgan fingerprint density at radius 1 is 1.06 bits per heavy atom. The smallest absolute Gasteiger partial charge is 0.407 e. The number of alkyl carbamates (subject to hydrolysis) is 1. The van der Waals surface area contributed by atoms with Crippen LogP contribution in [0.2, 0.25) is 0 Å². The summed E-state index contributed by atoms with van der Waals surface area (Å²) < 4.78 is 4.80. The first-order valence-electron chi connectivity index (χ1n) is 18.0. The fourth-order valence-corrected chi connectivity index (χ4v) is 7.16. The van der Waals surface area contributed by atoms with Gasteiger partial charge in [-0.1, -0.05) is 95.3 Å². The molecule has 0 aliphatic carbocycles. The van der Waals surface area contributed by atoms with Crippen LogP contribution < -0.4 is 21.4 Å². The van der Waals surface area contributed by atoms with Gasteiger partial charge in [-0.15, -0.1) is 0 Å². The molecule has 11 nitrogen and oxygen atoms in total. The number of aliphatic hydroxyl groups is 1. The SMILES string of the molecule is COC(=O)NC(C(=O)NN(CCCC1(O)Cc2ccc(cc2)C/C=C\CNC(=O)C(C(C)C)NC1=O)Cc1ccc(C2C=S=CC2)cc1)C(C)(C)C. The standard InChI is InChI=1S/C40H55N5O6S/c1-27(2)33-35(46)41-21-8-7-10-28-11-13-29(14-12-28)24-40(50,37(48)42-33)20-9-22-45(44-36(47)34(39(3,4)5)43-38(49)51-6)25-30-15-17-31(18-16-30)32-19-23-52-26-32/h7-8,11-18,23,26-27,32-34,50H,9-10,19-22,24-25H2,1-6H3,(H,41,46)(H,42,48)(H,43,49)(H,44,47)/b8-7-. The Hall–Kier alpha value is -4.26. The summed E-state index contributed by atoms with van der Waals surface area (Å²) in [5, 5.41) is 26.7. The highest BCUT2D eigenvalue weighted by Gasteiger charge is 2.39. The minimum absolute atomic E-state index is 0.0399. The van der Waals surface area contributed by atoms with Crippen LogP contribution in [-0.4, -0.2) is 82.5 Å². The zero-order chi connectivity index (χ0) is 37.9. The maximum atomic E-state index is 14.0. The summed E-state index contributed by atoms with van der Waals surface area (Å²) in [7, 11) is 2.97. The van der Waals surface area contributed by atoms with Crippen molar-refractivity contribution in [1.29, 1.82) is 0 Å². The monoisotopic (exact) mass is 733 g/mol. The minimum Gasteiger partial charge on any atom is -0.453 e. The van der Waals surface area contributed by atoms with Gasteiger partial charge in [-0.25, -0.2) is 9.80 Å². The average molecular weight is 734 g/mol. The van der Waals surface area contributed by atoms with E-state index in [1.165, 1.54) is 12.7 Å². The van der Waals surface area contributed by atoms with E-state index in [0.717, 1.165) is 23.1 Å². The van der Waals surface area contributed by atoms with Crippen LogP contribution in [0.4, 0.5) is 4.79 Å². The van der Waals surface area contributed by atoms with Crippen LogP contribution in [0.5, 0.6) is 0 Å². The molecule has 3 aliphatic heterocycles. The molecule has 3 heterocycles. The fraction of sp³-hybridized carbons (Fsp3) is 0.500. The van der Waals surface area contributed by atoms with Crippen molar-refractivity contribution in [3.8, 4) is 0 Å². The zero-order valence-corrected chi connectivity index (χ0v) is 32.1. The van der Waals surface area contributed by atoms with Crippen molar-refractivity contribution in [2.24, 2.45) is 11.3 Å². The predicted molar refractivity (Wildman–Crippen MR) is 208 cm³/mol. The second-order valence-electron chi connectivity index (χ2n) is 15.1. The molecule has 0 spiro atoms. The molecule has 0 radical (unpaired) electrons. The number of carbonyl (C=O) groups excluding carboxylic acids is 4. The molecule has 2 aromatic carbocycles. The number of benzene rings is 2. The normalized spacial score (nSPS) is 22.1. The lowest BCUT2D eigenvalue weighted by Gasteiger charge is -2.34. The number of rotatable bonds is 11. The van der Waals surface area contributed by atoms with Gasteiger partial charge >= 0.3 is 6.09 Å². The summed E-state index contributed by atoms with van der Waals surface area (Å²) >= 11 is 0. The van der Waals surface area contributed by atoms with Crippen LogP contribution in [0.25, 0.3) is 0 Å². The Kier molecular flexibility index (Phi) is 14.4. The molecule has 4 amide bonds. The number of ether oxygens (including phenoxy) is 1. The molecule has 12 heteroatoms. The second-order valence-corrected chi connectivity index (χ2v) is 16.0. The molecule has 5 N–H and O–H groups in total. The average Bonchev–Trinajstić information content (AvgIpc) is 3.64. The summed E-state index contributed by atoms with van der Waals surface area (Å²) in [6, 6.07) is 14.3. The third-order valence-electron chi connectivity index (χ3n) is 9.43. The van der Waals surface area contributed by atoms with Crippen molar-refractivity contribution in [2.45, 2.75) is 96.9 Å². The lowest BCUT2D eigenvalue weighted by molar-refractivity contribution is -0.144. The minimum atomic E-state index is -1.85. The van der Waals surface area contributed by atoms with E-state index in [1.807, 2.05) is 83.2 Å². The molecule has 4 atom stereocenters. The number of hydrogen-bond donors (Lipinski definition) is 5. The molecular weight excluding hydrogens is 679 g/mol. The molecule has 52 heavy (non-hydrogen) atoms. The number of hydrazine groups is 1. The Labute approximate surface area is 311 Å². The molecule has 0 saturated heterocycles. The van der Waals surface area contributed by atoms with Gasteiger partial charge in [0, 0.05) is 32.0 Å². The second kappa shape index (κ2) is 18.5. The van der Waals surface area contributed by atoms with Gasteiger partial charge in [-0.3, -0.25) is 19.8 Å². The summed E-state index contributed by atoms with van der Waals surface area (Å²) in [5.74, 6) is -1.23. The predicted octanol–water partition coefficient (Wildman–Crippen LogP) is 4.24. The fourth-order valence-electron chi connectivity index (χ4n) is 6.28. The van der Waals surface area contributed by atoms with Crippen LogP contribution in [0.1, 0.15) is 82.1 Å². The first kappa shape index (κ1) is 40.5. The topological polar surface area (TPSA) is 149 Å². The molecule has 2 aromatic rings. The highest BCUT2D eigenvalue weighted by atomic mass is 32.1. The van der Waals surface area contributed by atoms with Crippen molar-refractivity contribution in [1.82, 2.24) is 26.4 Å². The van der Waals surface area contributed by atoms with E-state index in [0.29, 0.717) is 31.8 Å². The third kappa shape index (κ3) is 11.6. The van der Waals surface area contributed by atoms with E-state index >= 15 is 0 Å². The number of carbonyl (C=O) groups is 4. The number of methoxy groups -OCH3 is 1. The third-order valence-corrected chi connectivity index (χ3v) is 10.3. The number of allylic oxidation sites excluding steroid dienone is 1. The van der Waals surface area contributed by atoms with Gasteiger partial charge in [0.25, 0.3) is 11.8 Å². The van der Waals surface area contributed by atoms with Crippen molar-refractivity contribution in [2.75, 3.05) is 20.2 Å². The van der Waals surface area contributed by atoms with Crippen molar-refractivity contribution >= 4 is 45.5 Å². The number of fused-ring (bicyclic) bond motifs is 11. The highest BCUT2D eigenvalue weighted by Crippen LogP contribution is 2.25. The summed E-state index contributed by atoms with van der Waals surface area (Å²) in [6.45, 7) is 10.2. The molecule has 0 saturated carbocycles. The highest BCUT2D eigenvalue weighted by molar-refractivity contribution is 7.96. The van der Waals surface area contributed by atoms with Gasteiger partial charge < -0.3 is 25.8 Å². The molecule has 2 bridgehead atoms. The van der Waals surface area contributed by atoms with E-state index in [-0.39, 0.29) is 31.2 Å². The van der Waals surface area contributed by atoms with E-state index in [4.69, 9.17) is 4.74 Å². The molecule has 5 rings (SSSR count). The molecule has 3 aliphatic rings. The summed E-state index contributed by atoms with van der Waals surface area (Å²) in [6.07, 6.45) is 5.25. The number of nitrogens with one attached hydrogen (secondary N) is 4. The lowest BCUT2D eigenvalue weighted by Crippen LogP contribution is -2.58. The largest absolute Gasteiger partial charge is 0.453 e. The summed E-state index contributed by atoms with van der Waals surface area (Å²) in [5.41, 5.74) is 4.54. The molecule has 0 aromatic heterocycles. The lowest BCUT2D eigenvalue weighted by atomic mass is 9.86. The van der Waals surface area contributed by atoms with Gasteiger partial charge in [0.1, 0.15) is 17.7 Å². The Bertz CT molecular complexity index is 1650. The van der Waals surface area contributed by atoms with Gasteiger partial charge in [0.2, 0.25) is 5.91 Å². The molecule has 282 valence electrons. The number of hydrogen-bond acceptors (Lipinski definition) is 7. The van der Waals surface area contributed by atoms with E-state index in [1.54, 1.807) is 15.9 Å². The maximum absolute atomic E-state index is 14.0. The van der Waals surface area contributed by atoms with Crippen LogP contribution in [0.15, 0.2) is 60.7 Å². The van der Waals surface area contributed by atoms with Gasteiger partial charge in [0.15, 0.2) is 0 Å². The maximum Gasteiger partial charge on any atom is 0.407 e. The summed E-state index contributed by atoms with van der Waals surface area (Å²) in [4.78, 5) is 53.0. The number of amides is 4.